The summed E-state index contributed by atoms with van der Waals surface area (Å²) in [6.45, 7) is 1.38. The Labute approximate surface area is 94.0 Å². The highest BCUT2D eigenvalue weighted by Crippen LogP contribution is 2.11. The summed E-state index contributed by atoms with van der Waals surface area (Å²) in [5, 5.41) is 0. The molecule has 1 atom stereocenters. The second-order valence-corrected chi connectivity index (χ2v) is 5.65. The van der Waals surface area contributed by atoms with Crippen molar-refractivity contribution in [1.82, 2.24) is 0 Å². The van der Waals surface area contributed by atoms with Gasteiger partial charge < -0.3 is 22.8 Å². The molecule has 0 aromatic rings. The summed E-state index contributed by atoms with van der Waals surface area (Å²) in [4.78, 5) is 0. The normalized spacial score (nSPS) is 19.0. The lowest BCUT2D eigenvalue weighted by molar-refractivity contribution is 0.0584. The van der Waals surface area contributed by atoms with E-state index >= 15 is 0 Å². The molecule has 0 radical (unpaired) electrons. The van der Waals surface area contributed by atoms with Crippen molar-refractivity contribution in [3.8, 4) is 0 Å². The molecule has 0 spiro atoms. The molecule has 0 aliphatic carbocycles. The number of epoxide rings is 1. The molecule has 6 heteroatoms. The molecule has 0 bridgehead atoms. The number of ether oxygens (including phenoxy) is 2. The van der Waals surface area contributed by atoms with E-state index in [0.29, 0.717) is 12.8 Å². The Morgan fingerprint density at radius 3 is 1.93 bits per heavy atom. The fourth-order valence-corrected chi connectivity index (χ4v) is 2.13. The molecule has 0 N–H and O–H groups in total. The minimum absolute atomic E-state index is 0. The van der Waals surface area contributed by atoms with Crippen molar-refractivity contribution in [3.05, 3.63) is 0 Å². The van der Waals surface area contributed by atoms with Crippen molar-refractivity contribution in [2.75, 3.05) is 40.8 Å². The Kier molecular flexibility index (Phi) is 9.52. The first-order valence-electron chi connectivity index (χ1n) is 4.11. The van der Waals surface area contributed by atoms with Gasteiger partial charge in [0.1, 0.15) is 12.3 Å². The molecule has 0 aromatic carbocycles. The average molecular weight is 240 g/mol. The van der Waals surface area contributed by atoms with Gasteiger partial charge in [-0.05, 0) is 0 Å². The molecule has 1 fully saturated rings. The molecule has 1 saturated heterocycles. The second kappa shape index (κ2) is 8.20. The molecule has 5 nitrogen and oxygen atoms in total. The van der Waals surface area contributed by atoms with Gasteiger partial charge in [-0.15, -0.1) is 0 Å². The lowest BCUT2D eigenvalue weighted by Gasteiger charge is -2.23. The maximum atomic E-state index is 5.36. The number of hydrogen-bond donors (Lipinski definition) is 0. The van der Waals surface area contributed by atoms with Crippen LogP contribution in [0.25, 0.3) is 0 Å². The highest BCUT2D eigenvalue weighted by molar-refractivity contribution is 6.60. The van der Waals surface area contributed by atoms with Gasteiger partial charge in [-0.3, -0.25) is 0 Å². The van der Waals surface area contributed by atoms with Crippen molar-refractivity contribution >= 4 is 8.80 Å². The zero-order valence-electron chi connectivity index (χ0n) is 8.24. The lowest BCUT2D eigenvalue weighted by atomic mass is 10.5. The van der Waals surface area contributed by atoms with Crippen LogP contribution in [0.3, 0.4) is 0 Å². The largest absolute Gasteiger partial charge is 0.527 e. The number of rotatable bonds is 7. The molecule has 0 amide bonds. The predicted molar refractivity (Wildman–Crippen MR) is 60.8 cm³/mol. The summed E-state index contributed by atoms with van der Waals surface area (Å²) in [5.41, 5.74) is 0. The van der Waals surface area contributed by atoms with E-state index in [1.54, 1.807) is 21.3 Å². The van der Waals surface area contributed by atoms with Gasteiger partial charge in [-0.25, -0.2) is 0 Å². The Balaban J connectivity index is 0. The molecule has 1 heterocycles. The molecule has 0 saturated carbocycles. The summed E-state index contributed by atoms with van der Waals surface area (Å²) in [6, 6.07) is 0. The van der Waals surface area contributed by atoms with Gasteiger partial charge in [0.15, 0.2) is 0 Å². The first kappa shape index (κ1) is 17.4. The smallest absolute Gasteiger partial charge is 0.375 e. The molecule has 1 unspecified atom stereocenters. The predicted octanol–water partition coefficient (Wildman–Crippen LogP) is 1.09. The Morgan fingerprint density at radius 1 is 1.13 bits per heavy atom. The van der Waals surface area contributed by atoms with E-state index in [1.165, 1.54) is 0 Å². The van der Waals surface area contributed by atoms with Crippen LogP contribution in [0.15, 0.2) is 0 Å². The first-order chi connectivity index (χ1) is 6.26. The molecule has 0 aromatic heterocycles. The average Bonchev–Trinajstić information content (AvgIpc) is 2.97. The molecule has 1 aliphatic heterocycles. The van der Waals surface area contributed by atoms with Gasteiger partial charge >= 0.3 is 8.80 Å². The van der Waals surface area contributed by atoms with E-state index in [9.17, 15) is 0 Å². The molecule has 94 valence electrons. The third kappa shape index (κ3) is 5.60. The van der Waals surface area contributed by atoms with Gasteiger partial charge in [-0.1, -0.05) is 14.9 Å². The van der Waals surface area contributed by atoms with E-state index in [2.05, 4.69) is 0 Å². The van der Waals surface area contributed by atoms with Crippen molar-refractivity contribution in [2.45, 2.75) is 21.0 Å². The van der Waals surface area contributed by atoms with Crippen LogP contribution in [0.1, 0.15) is 14.9 Å². The SMILES string of the molecule is C.C.CO[Si](COCC1CO1)(OC)OC. The van der Waals surface area contributed by atoms with Crippen LogP contribution in [0.4, 0.5) is 0 Å². The Morgan fingerprint density at radius 2 is 1.60 bits per heavy atom. The highest BCUT2D eigenvalue weighted by atomic mass is 28.4. The molecule has 15 heavy (non-hydrogen) atoms. The van der Waals surface area contributed by atoms with Crippen molar-refractivity contribution in [3.63, 3.8) is 0 Å². The van der Waals surface area contributed by atoms with Crippen LogP contribution < -0.4 is 0 Å². The van der Waals surface area contributed by atoms with Gasteiger partial charge in [0.05, 0.1) is 13.2 Å². The zero-order valence-corrected chi connectivity index (χ0v) is 9.24. The first-order valence-corrected chi connectivity index (χ1v) is 6.04. The van der Waals surface area contributed by atoms with Gasteiger partial charge in [0.25, 0.3) is 0 Å². The van der Waals surface area contributed by atoms with Crippen LogP contribution in [0, 0.1) is 0 Å². The van der Waals surface area contributed by atoms with E-state index in [0.717, 1.165) is 6.61 Å². The van der Waals surface area contributed by atoms with Crippen LogP contribution >= 0.6 is 0 Å². The van der Waals surface area contributed by atoms with Crippen LogP contribution in [0.2, 0.25) is 0 Å². The second-order valence-electron chi connectivity index (χ2n) is 2.77. The molecular weight excluding hydrogens is 216 g/mol. The topological polar surface area (TPSA) is 49.5 Å². The Bertz CT molecular complexity index is 139. The quantitative estimate of drug-likeness (QED) is 0.492. The number of hydrogen-bond acceptors (Lipinski definition) is 5. The van der Waals surface area contributed by atoms with Crippen LogP contribution in [-0.2, 0) is 22.8 Å². The van der Waals surface area contributed by atoms with Crippen LogP contribution in [0.5, 0.6) is 0 Å². The third-order valence-electron chi connectivity index (χ3n) is 1.92. The highest BCUT2D eigenvalue weighted by Gasteiger charge is 2.39. The lowest BCUT2D eigenvalue weighted by Crippen LogP contribution is -2.48. The van der Waals surface area contributed by atoms with Crippen molar-refractivity contribution < 1.29 is 22.8 Å². The fraction of sp³-hybridized carbons (Fsp3) is 1.00. The minimum Gasteiger partial charge on any atom is -0.375 e. The summed E-state index contributed by atoms with van der Waals surface area (Å²) in [7, 11) is 2.16. The van der Waals surface area contributed by atoms with E-state index in [1.807, 2.05) is 0 Å². The van der Waals surface area contributed by atoms with E-state index in [4.69, 9.17) is 22.8 Å². The fourth-order valence-electron chi connectivity index (χ4n) is 0.906. The van der Waals surface area contributed by atoms with Gasteiger partial charge in [0, 0.05) is 21.3 Å². The maximum Gasteiger partial charge on any atom is 0.527 e. The summed E-state index contributed by atoms with van der Waals surface area (Å²) in [6.07, 6.45) is 0.633. The monoisotopic (exact) mass is 240 g/mol. The molecular formula is C9H24O5Si. The summed E-state index contributed by atoms with van der Waals surface area (Å²) >= 11 is 0. The molecule has 1 rings (SSSR count). The standard InChI is InChI=1S/C7H16O5Si.2CH4/c1-8-13(9-2,10-3)6-11-4-7-5-12-7;;/h7H,4-6H2,1-3H3;2*1H4. The summed E-state index contributed by atoms with van der Waals surface area (Å²) < 4.78 is 25.9. The molecule has 1 aliphatic rings. The van der Waals surface area contributed by atoms with Gasteiger partial charge in [-0.2, -0.15) is 0 Å². The van der Waals surface area contributed by atoms with Crippen molar-refractivity contribution in [2.24, 2.45) is 0 Å². The van der Waals surface area contributed by atoms with E-state index < -0.39 is 8.80 Å². The van der Waals surface area contributed by atoms with Crippen LogP contribution in [-0.4, -0.2) is 55.7 Å². The maximum absolute atomic E-state index is 5.36. The van der Waals surface area contributed by atoms with E-state index in [-0.39, 0.29) is 21.0 Å². The summed E-state index contributed by atoms with van der Waals surface area (Å²) in [5.74, 6) is 0. The Hall–Kier alpha value is 0.0169. The minimum atomic E-state index is -2.53. The third-order valence-corrected chi connectivity index (χ3v) is 4.34. The zero-order chi connectivity index (χ0) is 9.73. The van der Waals surface area contributed by atoms with Crippen molar-refractivity contribution in [1.29, 1.82) is 0 Å². The van der Waals surface area contributed by atoms with Gasteiger partial charge in [0.2, 0.25) is 0 Å².